The first-order chi connectivity index (χ1) is 9.60. The molecule has 1 aromatic carbocycles. The molecule has 0 saturated carbocycles. The lowest BCUT2D eigenvalue weighted by Gasteiger charge is -2.36. The number of nitrogens with one attached hydrogen (secondary N) is 1. The summed E-state index contributed by atoms with van der Waals surface area (Å²) in [5.74, 6) is 0. The largest absolute Gasteiger partial charge is 0.368 e. The van der Waals surface area contributed by atoms with E-state index >= 15 is 0 Å². The molecule has 4 heteroatoms. The monoisotopic (exact) mass is 273 g/mol. The highest BCUT2D eigenvalue weighted by atomic mass is 16.2. The predicted molar refractivity (Wildman–Crippen MR) is 83.3 cm³/mol. The molecule has 0 radical (unpaired) electrons. The van der Waals surface area contributed by atoms with Crippen molar-refractivity contribution < 1.29 is 4.79 Å². The maximum atomic E-state index is 11.9. The number of rotatable bonds is 3. The van der Waals surface area contributed by atoms with Gasteiger partial charge in [-0.2, -0.15) is 0 Å². The van der Waals surface area contributed by atoms with Gasteiger partial charge in [-0.3, -0.25) is 0 Å². The third kappa shape index (κ3) is 3.53. The van der Waals surface area contributed by atoms with E-state index in [1.54, 1.807) is 6.08 Å². The lowest BCUT2D eigenvalue weighted by Crippen LogP contribution is -2.51. The summed E-state index contributed by atoms with van der Waals surface area (Å²) in [6.07, 6.45) is 1.70. The van der Waals surface area contributed by atoms with E-state index in [2.05, 4.69) is 48.8 Å². The highest BCUT2D eigenvalue weighted by molar-refractivity contribution is 5.74. The SMILES string of the molecule is C=CCNC(=O)N1CCN(c2cc(C)cc(C)c2)CC1. The smallest absolute Gasteiger partial charge is 0.317 e. The molecule has 1 fully saturated rings. The van der Waals surface area contributed by atoms with E-state index < -0.39 is 0 Å². The number of anilines is 1. The number of hydrogen-bond acceptors (Lipinski definition) is 2. The molecule has 2 rings (SSSR count). The van der Waals surface area contributed by atoms with Crippen molar-refractivity contribution in [2.45, 2.75) is 13.8 Å². The first-order valence-electron chi connectivity index (χ1n) is 7.07. The van der Waals surface area contributed by atoms with Gasteiger partial charge in [-0.15, -0.1) is 6.58 Å². The van der Waals surface area contributed by atoms with E-state index in [4.69, 9.17) is 0 Å². The van der Waals surface area contributed by atoms with Crippen LogP contribution in [0.4, 0.5) is 10.5 Å². The fourth-order valence-electron chi connectivity index (χ4n) is 2.57. The van der Waals surface area contributed by atoms with E-state index in [0.29, 0.717) is 6.54 Å². The number of piperazine rings is 1. The van der Waals surface area contributed by atoms with Crippen LogP contribution in [0.1, 0.15) is 11.1 Å². The van der Waals surface area contributed by atoms with Gasteiger partial charge < -0.3 is 15.1 Å². The summed E-state index contributed by atoms with van der Waals surface area (Å²) in [6, 6.07) is 6.61. The van der Waals surface area contributed by atoms with Gasteiger partial charge in [-0.1, -0.05) is 12.1 Å². The lowest BCUT2D eigenvalue weighted by atomic mass is 10.1. The number of carbonyl (C=O) groups excluding carboxylic acids is 1. The van der Waals surface area contributed by atoms with Crippen LogP contribution in [0.2, 0.25) is 0 Å². The van der Waals surface area contributed by atoms with Crippen molar-refractivity contribution in [1.29, 1.82) is 0 Å². The molecule has 1 saturated heterocycles. The van der Waals surface area contributed by atoms with Gasteiger partial charge in [0.15, 0.2) is 0 Å². The zero-order valence-electron chi connectivity index (χ0n) is 12.4. The first kappa shape index (κ1) is 14.4. The summed E-state index contributed by atoms with van der Waals surface area (Å²) in [7, 11) is 0. The fraction of sp³-hybridized carbons (Fsp3) is 0.438. The molecule has 1 aliphatic heterocycles. The zero-order chi connectivity index (χ0) is 14.5. The molecule has 1 N–H and O–H groups in total. The first-order valence-corrected chi connectivity index (χ1v) is 7.07. The molecule has 0 aromatic heterocycles. The second-order valence-electron chi connectivity index (χ2n) is 5.29. The Kier molecular flexibility index (Phi) is 4.66. The molecule has 4 nitrogen and oxygen atoms in total. The Morgan fingerprint density at radius 2 is 1.80 bits per heavy atom. The van der Waals surface area contributed by atoms with Crippen LogP contribution in [-0.4, -0.2) is 43.7 Å². The van der Waals surface area contributed by atoms with Gasteiger partial charge in [0, 0.05) is 38.4 Å². The molecule has 0 atom stereocenters. The van der Waals surface area contributed by atoms with Crippen LogP contribution in [0.5, 0.6) is 0 Å². The number of benzene rings is 1. The van der Waals surface area contributed by atoms with Crippen molar-refractivity contribution in [3.63, 3.8) is 0 Å². The normalized spacial score (nSPS) is 15.1. The van der Waals surface area contributed by atoms with Crippen molar-refractivity contribution >= 4 is 11.7 Å². The number of amides is 2. The van der Waals surface area contributed by atoms with Crippen LogP contribution >= 0.6 is 0 Å². The van der Waals surface area contributed by atoms with Crippen molar-refractivity contribution in [3.05, 3.63) is 42.0 Å². The average molecular weight is 273 g/mol. The molecule has 0 spiro atoms. The van der Waals surface area contributed by atoms with Gasteiger partial charge in [0.1, 0.15) is 0 Å². The molecule has 20 heavy (non-hydrogen) atoms. The van der Waals surface area contributed by atoms with Crippen LogP contribution in [0.25, 0.3) is 0 Å². The van der Waals surface area contributed by atoms with Crippen molar-refractivity contribution in [2.24, 2.45) is 0 Å². The van der Waals surface area contributed by atoms with E-state index in [1.807, 2.05) is 4.90 Å². The van der Waals surface area contributed by atoms with Crippen molar-refractivity contribution in [3.8, 4) is 0 Å². The highest BCUT2D eigenvalue weighted by Gasteiger charge is 2.20. The van der Waals surface area contributed by atoms with E-state index in [-0.39, 0.29) is 6.03 Å². The van der Waals surface area contributed by atoms with Crippen LogP contribution in [0.15, 0.2) is 30.9 Å². The minimum atomic E-state index is 0.00460. The molecular formula is C16H23N3O. The van der Waals surface area contributed by atoms with Crippen LogP contribution in [0, 0.1) is 13.8 Å². The summed E-state index contributed by atoms with van der Waals surface area (Å²) in [4.78, 5) is 16.1. The van der Waals surface area contributed by atoms with Crippen LogP contribution in [-0.2, 0) is 0 Å². The van der Waals surface area contributed by atoms with Gasteiger partial charge in [0.05, 0.1) is 0 Å². The molecular weight excluding hydrogens is 250 g/mol. The Morgan fingerprint density at radius 1 is 1.20 bits per heavy atom. The van der Waals surface area contributed by atoms with E-state index in [1.165, 1.54) is 16.8 Å². The lowest BCUT2D eigenvalue weighted by molar-refractivity contribution is 0.195. The van der Waals surface area contributed by atoms with Crippen LogP contribution in [0.3, 0.4) is 0 Å². The van der Waals surface area contributed by atoms with Crippen LogP contribution < -0.4 is 10.2 Å². The average Bonchev–Trinajstić information content (AvgIpc) is 2.44. The predicted octanol–water partition coefficient (Wildman–Crippen LogP) is 2.32. The quantitative estimate of drug-likeness (QED) is 0.858. The second kappa shape index (κ2) is 6.46. The fourth-order valence-corrected chi connectivity index (χ4v) is 2.57. The maximum absolute atomic E-state index is 11.9. The number of hydrogen-bond donors (Lipinski definition) is 1. The van der Waals surface area contributed by atoms with E-state index in [9.17, 15) is 4.79 Å². The number of aryl methyl sites for hydroxylation is 2. The third-order valence-corrected chi connectivity index (χ3v) is 3.54. The summed E-state index contributed by atoms with van der Waals surface area (Å²) in [5.41, 5.74) is 3.82. The van der Waals surface area contributed by atoms with E-state index in [0.717, 1.165) is 26.2 Å². The van der Waals surface area contributed by atoms with Crippen molar-refractivity contribution in [2.75, 3.05) is 37.6 Å². The zero-order valence-corrected chi connectivity index (χ0v) is 12.4. The third-order valence-electron chi connectivity index (χ3n) is 3.54. The molecule has 1 heterocycles. The topological polar surface area (TPSA) is 35.6 Å². The standard InChI is InChI=1S/C16H23N3O/c1-4-5-17-16(20)19-8-6-18(7-9-19)15-11-13(2)10-14(3)12-15/h4,10-12H,1,5-9H2,2-3H3,(H,17,20). The number of carbonyl (C=O) groups is 1. The molecule has 108 valence electrons. The molecule has 1 aliphatic rings. The summed E-state index contributed by atoms with van der Waals surface area (Å²) < 4.78 is 0. The minimum absolute atomic E-state index is 0.00460. The Hall–Kier alpha value is -1.97. The van der Waals surface area contributed by atoms with Gasteiger partial charge >= 0.3 is 6.03 Å². The van der Waals surface area contributed by atoms with Gasteiger partial charge in [-0.25, -0.2) is 4.79 Å². The molecule has 1 aromatic rings. The molecule has 0 unspecified atom stereocenters. The molecule has 0 bridgehead atoms. The summed E-state index contributed by atoms with van der Waals surface area (Å²) >= 11 is 0. The highest BCUT2D eigenvalue weighted by Crippen LogP contribution is 2.20. The Bertz CT molecular complexity index is 470. The maximum Gasteiger partial charge on any atom is 0.317 e. The summed E-state index contributed by atoms with van der Waals surface area (Å²) in [5, 5.41) is 2.83. The Morgan fingerprint density at radius 3 is 2.35 bits per heavy atom. The molecule has 2 amide bonds. The van der Waals surface area contributed by atoms with Gasteiger partial charge in [-0.05, 0) is 37.1 Å². The Balaban J connectivity index is 1.93. The van der Waals surface area contributed by atoms with Gasteiger partial charge in [0.25, 0.3) is 0 Å². The van der Waals surface area contributed by atoms with Gasteiger partial charge in [0.2, 0.25) is 0 Å². The minimum Gasteiger partial charge on any atom is -0.368 e. The van der Waals surface area contributed by atoms with Crippen molar-refractivity contribution in [1.82, 2.24) is 10.2 Å². The molecule has 0 aliphatic carbocycles. The Labute approximate surface area is 121 Å². The summed E-state index contributed by atoms with van der Waals surface area (Å²) in [6.45, 7) is 11.6. The number of urea groups is 1. The second-order valence-corrected chi connectivity index (χ2v) is 5.29. The number of nitrogens with zero attached hydrogens (tertiary/aromatic N) is 2.